The van der Waals surface area contributed by atoms with E-state index in [-0.39, 0.29) is 0 Å². The molecule has 0 N–H and O–H groups in total. The number of benzene rings is 2. The van der Waals surface area contributed by atoms with E-state index in [0.29, 0.717) is 0 Å². The third-order valence-corrected chi connectivity index (χ3v) is 5.39. The molecular weight excluding hydrogens is 342 g/mol. The van der Waals surface area contributed by atoms with Gasteiger partial charge in [-0.2, -0.15) is 0 Å². The van der Waals surface area contributed by atoms with Gasteiger partial charge in [0.05, 0.1) is 5.69 Å². The van der Waals surface area contributed by atoms with Crippen LogP contribution in [-0.4, -0.2) is 23.9 Å². The van der Waals surface area contributed by atoms with Crippen LogP contribution in [0.5, 0.6) is 0 Å². The molecule has 3 heteroatoms. The molecule has 2 aromatic carbocycles. The fourth-order valence-electron chi connectivity index (χ4n) is 3.83. The van der Waals surface area contributed by atoms with Crippen LogP contribution in [0.1, 0.15) is 41.9 Å². The summed E-state index contributed by atoms with van der Waals surface area (Å²) in [5, 5.41) is 0. The summed E-state index contributed by atoms with van der Waals surface area (Å²) in [7, 11) is 0. The molecule has 0 aliphatic rings. The van der Waals surface area contributed by atoms with E-state index >= 15 is 0 Å². The maximum Gasteiger partial charge on any atom is 0.0631 e. The van der Waals surface area contributed by atoms with E-state index in [1.54, 1.807) is 0 Å². The van der Waals surface area contributed by atoms with Gasteiger partial charge in [-0.25, -0.2) is 0 Å². The molecule has 146 valence electrons. The Morgan fingerprint density at radius 3 is 2.18 bits per heavy atom. The van der Waals surface area contributed by atoms with Gasteiger partial charge in [-0.3, -0.25) is 4.99 Å². The van der Waals surface area contributed by atoms with Crippen LogP contribution in [-0.2, 0) is 0 Å². The molecule has 1 aromatic heterocycles. The van der Waals surface area contributed by atoms with Crippen molar-refractivity contribution in [3.63, 3.8) is 0 Å². The topological polar surface area (TPSA) is 20.5 Å². The van der Waals surface area contributed by atoms with Crippen LogP contribution < -0.4 is 4.90 Å². The van der Waals surface area contributed by atoms with E-state index in [1.165, 1.54) is 33.9 Å². The minimum Gasteiger partial charge on any atom is -0.372 e. The van der Waals surface area contributed by atoms with Crippen molar-refractivity contribution in [1.82, 2.24) is 4.57 Å². The van der Waals surface area contributed by atoms with Crippen LogP contribution in [0.3, 0.4) is 0 Å². The second-order valence-corrected chi connectivity index (χ2v) is 7.40. The fraction of sp³-hybridized carbons (Fsp3) is 0.320. The molecule has 0 saturated heterocycles. The monoisotopic (exact) mass is 373 g/mol. The predicted octanol–water partition coefficient (Wildman–Crippen LogP) is 6.31. The van der Waals surface area contributed by atoms with E-state index < -0.39 is 0 Å². The SMILES string of the molecule is CCN(CC)c1ccc(N=Cc2cc(C)n(-c3ccc(C)cc3C)c2C)cc1. The van der Waals surface area contributed by atoms with Crippen molar-refractivity contribution < 1.29 is 0 Å². The Bertz CT molecular complexity index is 974. The van der Waals surface area contributed by atoms with Crippen molar-refractivity contribution in [2.24, 2.45) is 4.99 Å². The Hall–Kier alpha value is -2.81. The maximum absolute atomic E-state index is 4.72. The molecule has 3 rings (SSSR count). The molecule has 3 nitrogen and oxygen atoms in total. The standard InChI is InChI=1S/C25H31N3/c1-7-27(8-2)24-12-10-23(11-13-24)26-17-22-16-20(5)28(21(22)6)25-14-9-18(3)15-19(25)4/h9-17H,7-8H2,1-6H3. The van der Waals surface area contributed by atoms with Gasteiger partial charge in [0.15, 0.2) is 0 Å². The molecule has 28 heavy (non-hydrogen) atoms. The van der Waals surface area contributed by atoms with Crippen LogP contribution >= 0.6 is 0 Å². The number of nitrogens with zero attached hydrogens (tertiary/aromatic N) is 3. The van der Waals surface area contributed by atoms with Crippen LogP contribution in [0.4, 0.5) is 11.4 Å². The second kappa shape index (κ2) is 8.47. The number of aromatic nitrogens is 1. The van der Waals surface area contributed by atoms with Crippen LogP contribution in [0, 0.1) is 27.7 Å². The summed E-state index contributed by atoms with van der Waals surface area (Å²) < 4.78 is 2.32. The molecule has 0 unspecified atom stereocenters. The lowest BCUT2D eigenvalue weighted by Gasteiger charge is -2.20. The number of hydrogen-bond donors (Lipinski definition) is 0. The van der Waals surface area contributed by atoms with Crippen molar-refractivity contribution in [3.8, 4) is 5.69 Å². The second-order valence-electron chi connectivity index (χ2n) is 7.40. The highest BCUT2D eigenvalue weighted by molar-refractivity contribution is 5.84. The van der Waals surface area contributed by atoms with Gasteiger partial charge < -0.3 is 9.47 Å². The summed E-state index contributed by atoms with van der Waals surface area (Å²) in [6, 6.07) is 17.3. The quantitative estimate of drug-likeness (QED) is 0.464. The van der Waals surface area contributed by atoms with E-state index in [2.05, 4.69) is 99.5 Å². The number of aliphatic imine (C=N–C) groups is 1. The molecular formula is C25H31N3. The van der Waals surface area contributed by atoms with Gasteiger partial charge in [0.1, 0.15) is 0 Å². The zero-order chi connectivity index (χ0) is 20.3. The molecule has 0 aliphatic heterocycles. The Labute approximate surface area is 169 Å². The van der Waals surface area contributed by atoms with Gasteiger partial charge in [0.2, 0.25) is 0 Å². The third-order valence-electron chi connectivity index (χ3n) is 5.39. The van der Waals surface area contributed by atoms with Crippen molar-refractivity contribution in [3.05, 3.63) is 76.6 Å². The highest BCUT2D eigenvalue weighted by Crippen LogP contribution is 2.24. The van der Waals surface area contributed by atoms with E-state index in [1.807, 2.05) is 6.21 Å². The zero-order valence-corrected chi connectivity index (χ0v) is 18.0. The summed E-state index contributed by atoms with van der Waals surface area (Å²) in [4.78, 5) is 7.06. The van der Waals surface area contributed by atoms with Crippen molar-refractivity contribution >= 4 is 17.6 Å². The first kappa shape index (κ1) is 19.9. The number of anilines is 1. The molecule has 0 atom stereocenters. The lowest BCUT2D eigenvalue weighted by Crippen LogP contribution is -2.21. The largest absolute Gasteiger partial charge is 0.372 e. The van der Waals surface area contributed by atoms with Gasteiger partial charge in [-0.1, -0.05) is 17.7 Å². The van der Waals surface area contributed by atoms with Crippen molar-refractivity contribution in [2.75, 3.05) is 18.0 Å². The molecule has 0 fully saturated rings. The third kappa shape index (κ3) is 4.04. The summed E-state index contributed by atoms with van der Waals surface area (Å²) in [6.45, 7) is 15.0. The average Bonchev–Trinajstić information content (AvgIpc) is 2.96. The molecule has 0 amide bonds. The molecule has 0 radical (unpaired) electrons. The predicted molar refractivity (Wildman–Crippen MR) is 122 cm³/mol. The minimum absolute atomic E-state index is 0.979. The lowest BCUT2D eigenvalue weighted by molar-refractivity contribution is 0.866. The number of rotatable bonds is 6. The van der Waals surface area contributed by atoms with Crippen LogP contribution in [0.15, 0.2) is 53.5 Å². The fourth-order valence-corrected chi connectivity index (χ4v) is 3.83. The Balaban J connectivity index is 1.87. The lowest BCUT2D eigenvalue weighted by atomic mass is 10.1. The molecule has 3 aromatic rings. The summed E-state index contributed by atoms with van der Waals surface area (Å²) in [5.74, 6) is 0. The summed E-state index contributed by atoms with van der Waals surface area (Å²) >= 11 is 0. The molecule has 0 spiro atoms. The van der Waals surface area contributed by atoms with Gasteiger partial charge in [-0.15, -0.1) is 0 Å². The maximum atomic E-state index is 4.72. The van der Waals surface area contributed by atoms with Crippen LogP contribution in [0.2, 0.25) is 0 Å². The molecule has 0 aliphatic carbocycles. The Morgan fingerprint density at radius 1 is 0.893 bits per heavy atom. The first-order chi connectivity index (χ1) is 13.4. The highest BCUT2D eigenvalue weighted by Gasteiger charge is 2.11. The van der Waals surface area contributed by atoms with Gasteiger partial charge in [-0.05, 0) is 83.5 Å². The number of hydrogen-bond acceptors (Lipinski definition) is 2. The first-order valence-corrected chi connectivity index (χ1v) is 10.1. The van der Waals surface area contributed by atoms with Crippen molar-refractivity contribution in [1.29, 1.82) is 0 Å². The van der Waals surface area contributed by atoms with Gasteiger partial charge >= 0.3 is 0 Å². The summed E-state index contributed by atoms with van der Waals surface area (Å²) in [6.07, 6.45) is 1.98. The normalized spacial score (nSPS) is 11.4. The Morgan fingerprint density at radius 2 is 1.57 bits per heavy atom. The molecule has 1 heterocycles. The highest BCUT2D eigenvalue weighted by atomic mass is 15.1. The van der Waals surface area contributed by atoms with E-state index in [9.17, 15) is 0 Å². The van der Waals surface area contributed by atoms with E-state index in [0.717, 1.165) is 24.3 Å². The average molecular weight is 374 g/mol. The molecule has 0 saturated carbocycles. The van der Waals surface area contributed by atoms with Crippen molar-refractivity contribution in [2.45, 2.75) is 41.5 Å². The molecule has 0 bridgehead atoms. The summed E-state index contributed by atoms with van der Waals surface area (Å²) in [5.41, 5.74) is 9.64. The number of aryl methyl sites for hydroxylation is 3. The Kier molecular flexibility index (Phi) is 6.03. The van der Waals surface area contributed by atoms with Gasteiger partial charge in [0, 0.05) is 47.6 Å². The minimum atomic E-state index is 0.979. The first-order valence-electron chi connectivity index (χ1n) is 10.1. The van der Waals surface area contributed by atoms with E-state index in [4.69, 9.17) is 4.99 Å². The van der Waals surface area contributed by atoms with Gasteiger partial charge in [0.25, 0.3) is 0 Å². The van der Waals surface area contributed by atoms with Crippen LogP contribution in [0.25, 0.3) is 5.69 Å². The smallest absolute Gasteiger partial charge is 0.0631 e. The zero-order valence-electron chi connectivity index (χ0n) is 18.0.